The molecule has 2 aromatic rings. The minimum Gasteiger partial charge on any atom is -0.434 e. The number of benzene rings is 1. The molecule has 0 aliphatic carbocycles. The molecule has 1 aromatic heterocycles. The summed E-state index contributed by atoms with van der Waals surface area (Å²) in [5.74, 6) is 0. The molecule has 0 saturated heterocycles. The van der Waals surface area contributed by atoms with Crippen molar-refractivity contribution in [2.45, 2.75) is 0 Å². The summed E-state index contributed by atoms with van der Waals surface area (Å²) in [6.07, 6.45) is 1.79. The van der Waals surface area contributed by atoms with Crippen LogP contribution in [0.2, 0.25) is 0 Å². The fraction of sp³-hybridized carbons (Fsp3) is 0.133. The molecule has 0 radical (unpaired) electrons. The van der Waals surface area contributed by atoms with Crippen molar-refractivity contribution in [3.8, 4) is 6.07 Å². The molecule has 0 unspecified atom stereocenters. The van der Waals surface area contributed by atoms with Crippen molar-refractivity contribution in [2.24, 2.45) is 0 Å². The average Bonchev–Trinajstić information content (AvgIpc) is 2.88. The van der Waals surface area contributed by atoms with Gasteiger partial charge in [-0.05, 0) is 18.2 Å². The molecule has 0 aliphatic rings. The number of rotatable bonds is 5. The van der Waals surface area contributed by atoms with E-state index in [2.05, 4.69) is 61.3 Å². The number of fused-ring (bicyclic) bond motifs is 1. The molecule has 1 aromatic carbocycles. The van der Waals surface area contributed by atoms with Gasteiger partial charge in [-0.1, -0.05) is 12.6 Å². The lowest BCUT2D eigenvalue weighted by molar-refractivity contribution is 0.562. The van der Waals surface area contributed by atoms with E-state index in [0.717, 1.165) is 27.9 Å². The molecule has 0 spiro atoms. The molecule has 112 valence electrons. The molecule has 0 amide bonds. The summed E-state index contributed by atoms with van der Waals surface area (Å²) in [4.78, 5) is 1.85. The van der Waals surface area contributed by atoms with Gasteiger partial charge in [0.05, 0.1) is 16.8 Å². The van der Waals surface area contributed by atoms with Crippen LogP contribution in [0.1, 0.15) is 5.69 Å². The van der Waals surface area contributed by atoms with Gasteiger partial charge in [-0.2, -0.15) is 5.26 Å². The Hall–Kier alpha value is -1.53. The number of nitrogens with zero attached hydrogens (tertiary/aromatic N) is 3. The van der Waals surface area contributed by atoms with Crippen LogP contribution >= 0.6 is 30.3 Å². The number of nitriles is 1. The Morgan fingerprint density at radius 2 is 2.23 bits per heavy atom. The molecule has 0 saturated carbocycles. The van der Waals surface area contributed by atoms with Crippen LogP contribution in [0.4, 0.5) is 5.69 Å². The first-order chi connectivity index (χ1) is 10.5. The quantitative estimate of drug-likeness (QED) is 0.347. The van der Waals surface area contributed by atoms with Gasteiger partial charge in [0.2, 0.25) is 7.98 Å². The van der Waals surface area contributed by atoms with Crippen LogP contribution in [0.15, 0.2) is 42.6 Å². The summed E-state index contributed by atoms with van der Waals surface area (Å²) < 4.78 is 2.10. The van der Waals surface area contributed by atoms with E-state index in [1.807, 2.05) is 33.0 Å². The molecule has 0 atom stereocenters. The Morgan fingerprint density at radius 3 is 2.77 bits per heavy atom. The Balaban J connectivity index is 2.60. The number of anilines is 1. The molecule has 4 nitrogen and oxygen atoms in total. The Labute approximate surface area is 148 Å². The van der Waals surface area contributed by atoms with E-state index in [0.29, 0.717) is 5.57 Å². The van der Waals surface area contributed by atoms with Gasteiger partial charge in [0.25, 0.3) is 0 Å². The fourth-order valence-corrected chi connectivity index (χ4v) is 3.93. The van der Waals surface area contributed by atoms with Crippen molar-refractivity contribution >= 4 is 60.5 Å². The summed E-state index contributed by atoms with van der Waals surface area (Å²) >= 11 is 2.25. The van der Waals surface area contributed by atoms with Crippen LogP contribution in [0.3, 0.4) is 0 Å². The summed E-state index contributed by atoms with van der Waals surface area (Å²) in [6.45, 7) is 4.13. The normalized spacial score (nSPS) is 11.3. The van der Waals surface area contributed by atoms with Crippen LogP contribution in [-0.4, -0.2) is 30.9 Å². The maximum atomic E-state index is 9.39. The van der Waals surface area contributed by atoms with Crippen molar-refractivity contribution in [1.29, 1.82) is 5.26 Å². The van der Waals surface area contributed by atoms with E-state index in [1.54, 1.807) is 15.3 Å². The van der Waals surface area contributed by atoms with Crippen LogP contribution in [0.5, 0.6) is 0 Å². The van der Waals surface area contributed by atoms with Gasteiger partial charge >= 0.3 is 0 Å². The molecular formula is C15H16BIN4S. The molecule has 0 fully saturated rings. The standard InChI is InChI=1S/C15H16BIN4S/c1-10(12(8-18)9-20(2)3)14-6-11-4-5-13(19-16)7-15(11)21(14)22-17/h4-7,9,19H,1,16H2,2-3H3/b12-9+. The SMILES string of the molecule is BNc1ccc2cc(C(=C)/C(C#N)=C/N(C)C)n(SI)c2c1. The monoisotopic (exact) mass is 422 g/mol. The van der Waals surface area contributed by atoms with E-state index < -0.39 is 0 Å². The molecule has 22 heavy (non-hydrogen) atoms. The Kier molecular flexibility index (Phi) is 5.48. The number of allylic oxidation sites excluding steroid dienone is 2. The number of aromatic nitrogens is 1. The van der Waals surface area contributed by atoms with Gasteiger partial charge in [-0.25, -0.2) is 0 Å². The predicted octanol–water partition coefficient (Wildman–Crippen LogP) is 3.43. The van der Waals surface area contributed by atoms with E-state index in [1.165, 1.54) is 0 Å². The molecule has 0 bridgehead atoms. The minimum atomic E-state index is 0.563. The lowest BCUT2D eigenvalue weighted by atomic mass is 10.1. The van der Waals surface area contributed by atoms with Crippen molar-refractivity contribution in [3.05, 3.63) is 48.3 Å². The average molecular weight is 422 g/mol. The maximum absolute atomic E-state index is 9.39. The first kappa shape index (κ1) is 16.8. The third-order valence-electron chi connectivity index (χ3n) is 3.26. The zero-order chi connectivity index (χ0) is 16.3. The van der Waals surface area contributed by atoms with Crippen molar-refractivity contribution in [1.82, 2.24) is 8.87 Å². The van der Waals surface area contributed by atoms with E-state index in [9.17, 15) is 5.26 Å². The van der Waals surface area contributed by atoms with Crippen LogP contribution < -0.4 is 5.23 Å². The van der Waals surface area contributed by atoms with E-state index >= 15 is 0 Å². The molecular weight excluding hydrogens is 406 g/mol. The molecule has 2 rings (SSSR count). The smallest absolute Gasteiger partial charge is 0.213 e. The number of nitrogens with one attached hydrogen (secondary N) is 1. The van der Waals surface area contributed by atoms with Gasteiger partial charge < -0.3 is 10.1 Å². The highest BCUT2D eigenvalue weighted by molar-refractivity contribution is 14.2. The predicted molar refractivity (Wildman–Crippen MR) is 108 cm³/mol. The van der Waals surface area contributed by atoms with Crippen molar-refractivity contribution < 1.29 is 0 Å². The highest BCUT2D eigenvalue weighted by Crippen LogP contribution is 2.35. The number of hydrogen-bond acceptors (Lipinski definition) is 4. The zero-order valence-electron chi connectivity index (χ0n) is 12.7. The second kappa shape index (κ2) is 7.16. The van der Waals surface area contributed by atoms with Gasteiger partial charge in [0.15, 0.2) is 0 Å². The lowest BCUT2D eigenvalue weighted by Gasteiger charge is -2.11. The summed E-state index contributed by atoms with van der Waals surface area (Å²) in [6, 6.07) is 10.5. The summed E-state index contributed by atoms with van der Waals surface area (Å²) in [5, 5.41) is 13.7. The third kappa shape index (κ3) is 3.28. The highest BCUT2D eigenvalue weighted by Gasteiger charge is 2.15. The Morgan fingerprint density at radius 1 is 1.50 bits per heavy atom. The molecule has 1 heterocycles. The van der Waals surface area contributed by atoms with E-state index in [4.69, 9.17) is 0 Å². The first-order valence-corrected chi connectivity index (χ1v) is 9.93. The lowest BCUT2D eigenvalue weighted by Crippen LogP contribution is -2.04. The maximum Gasteiger partial charge on any atom is 0.213 e. The molecule has 0 aliphatic heterocycles. The van der Waals surface area contributed by atoms with Gasteiger partial charge in [-0.15, -0.1) is 0 Å². The van der Waals surface area contributed by atoms with E-state index in [-0.39, 0.29) is 0 Å². The largest absolute Gasteiger partial charge is 0.434 e. The highest BCUT2D eigenvalue weighted by atomic mass is 127. The second-order valence-corrected chi connectivity index (χ2v) is 6.70. The fourth-order valence-electron chi connectivity index (χ4n) is 2.19. The van der Waals surface area contributed by atoms with Crippen LogP contribution in [-0.2, 0) is 0 Å². The van der Waals surface area contributed by atoms with Crippen molar-refractivity contribution in [2.75, 3.05) is 19.3 Å². The van der Waals surface area contributed by atoms with Gasteiger partial charge in [0.1, 0.15) is 6.07 Å². The molecule has 7 heteroatoms. The third-order valence-corrected chi connectivity index (χ3v) is 4.97. The zero-order valence-corrected chi connectivity index (χ0v) is 15.7. The van der Waals surface area contributed by atoms with Gasteiger partial charge in [-0.3, -0.25) is 3.97 Å². The summed E-state index contributed by atoms with van der Waals surface area (Å²) in [7, 11) is 7.27. The minimum absolute atomic E-state index is 0.563. The summed E-state index contributed by atoms with van der Waals surface area (Å²) in [5.41, 5.74) is 4.39. The number of halogens is 1. The first-order valence-electron chi connectivity index (χ1n) is 6.62. The van der Waals surface area contributed by atoms with Crippen molar-refractivity contribution in [3.63, 3.8) is 0 Å². The number of hydrogen-bond donors (Lipinski definition) is 1. The molecule has 1 N–H and O–H groups in total. The topological polar surface area (TPSA) is 44.0 Å². The Bertz CT molecular complexity index is 789. The van der Waals surface area contributed by atoms with Crippen LogP contribution in [0, 0.1) is 11.3 Å². The second-order valence-electron chi connectivity index (χ2n) is 5.01. The van der Waals surface area contributed by atoms with Gasteiger partial charge in [0, 0.05) is 67.3 Å². The van der Waals surface area contributed by atoms with Crippen LogP contribution in [0.25, 0.3) is 16.5 Å².